The lowest BCUT2D eigenvalue weighted by Gasteiger charge is -2.34. The minimum absolute atomic E-state index is 0.184. The first kappa shape index (κ1) is 21.7. The minimum Gasteiger partial charge on any atom is -0.493 e. The summed E-state index contributed by atoms with van der Waals surface area (Å²) in [4.78, 5) is 21.7. The quantitative estimate of drug-likeness (QED) is 0.515. The number of aromatic nitrogens is 1. The van der Waals surface area contributed by atoms with E-state index < -0.39 is 0 Å². The highest BCUT2D eigenvalue weighted by molar-refractivity contribution is 7.22. The highest BCUT2D eigenvalue weighted by atomic mass is 35.5. The number of aryl methyl sites for hydroxylation is 1. The molecule has 6 nitrogen and oxygen atoms in total. The molecule has 2 aromatic carbocycles. The predicted octanol–water partition coefficient (Wildman–Crippen LogP) is 4.64. The van der Waals surface area contributed by atoms with Crippen molar-refractivity contribution in [3.05, 3.63) is 47.0 Å². The van der Waals surface area contributed by atoms with Crippen molar-refractivity contribution in [1.29, 1.82) is 0 Å². The van der Waals surface area contributed by atoms with Gasteiger partial charge in [0.25, 0.3) is 0 Å². The van der Waals surface area contributed by atoms with E-state index in [0.717, 1.165) is 44.8 Å². The Labute approximate surface area is 191 Å². The van der Waals surface area contributed by atoms with Gasteiger partial charge in [-0.25, -0.2) is 4.98 Å². The van der Waals surface area contributed by atoms with Gasteiger partial charge in [0, 0.05) is 37.6 Å². The number of rotatable bonds is 7. The van der Waals surface area contributed by atoms with Crippen LogP contribution in [0.1, 0.15) is 18.9 Å². The number of halogens is 1. The van der Waals surface area contributed by atoms with Crippen LogP contribution in [0, 0.1) is 0 Å². The molecule has 4 rings (SSSR count). The van der Waals surface area contributed by atoms with Crippen LogP contribution in [0.2, 0.25) is 5.02 Å². The second-order valence-electron chi connectivity index (χ2n) is 7.39. The first-order chi connectivity index (χ1) is 15.1. The van der Waals surface area contributed by atoms with E-state index in [-0.39, 0.29) is 5.91 Å². The zero-order valence-corrected chi connectivity index (χ0v) is 19.3. The lowest BCUT2D eigenvalue weighted by Crippen LogP contribution is -2.48. The molecule has 0 atom stereocenters. The summed E-state index contributed by atoms with van der Waals surface area (Å²) in [6, 6.07) is 11.6. The second-order valence-corrected chi connectivity index (χ2v) is 8.84. The van der Waals surface area contributed by atoms with Gasteiger partial charge in [-0.3, -0.25) is 4.79 Å². The predicted molar refractivity (Wildman–Crippen MR) is 126 cm³/mol. The first-order valence-corrected chi connectivity index (χ1v) is 11.7. The van der Waals surface area contributed by atoms with Gasteiger partial charge in [0.1, 0.15) is 0 Å². The molecule has 1 saturated heterocycles. The number of hydrogen-bond acceptors (Lipinski definition) is 6. The summed E-state index contributed by atoms with van der Waals surface area (Å²) in [7, 11) is 1.63. The van der Waals surface area contributed by atoms with Gasteiger partial charge >= 0.3 is 0 Å². The van der Waals surface area contributed by atoms with Crippen molar-refractivity contribution >= 4 is 44.2 Å². The van der Waals surface area contributed by atoms with Crippen LogP contribution in [0.5, 0.6) is 11.5 Å². The van der Waals surface area contributed by atoms with Crippen LogP contribution < -0.4 is 14.4 Å². The molecular weight excluding hydrogens is 434 g/mol. The lowest BCUT2D eigenvalue weighted by atomic mass is 10.1. The molecule has 0 saturated carbocycles. The summed E-state index contributed by atoms with van der Waals surface area (Å²) in [6.45, 7) is 5.53. The fraction of sp³-hybridized carbons (Fsp3) is 0.391. The maximum Gasteiger partial charge on any atom is 0.223 e. The average molecular weight is 460 g/mol. The Morgan fingerprint density at radius 2 is 1.94 bits per heavy atom. The van der Waals surface area contributed by atoms with Gasteiger partial charge in [0.15, 0.2) is 16.6 Å². The zero-order chi connectivity index (χ0) is 21.8. The van der Waals surface area contributed by atoms with Crippen molar-refractivity contribution in [2.75, 3.05) is 44.8 Å². The molecule has 31 heavy (non-hydrogen) atoms. The summed E-state index contributed by atoms with van der Waals surface area (Å²) in [5.41, 5.74) is 2.04. The van der Waals surface area contributed by atoms with E-state index in [1.807, 2.05) is 48.2 Å². The van der Waals surface area contributed by atoms with E-state index >= 15 is 0 Å². The van der Waals surface area contributed by atoms with Gasteiger partial charge in [-0.2, -0.15) is 0 Å². The Morgan fingerprint density at radius 3 is 2.68 bits per heavy atom. The third-order valence-electron chi connectivity index (χ3n) is 5.40. The number of hydrogen-bond donors (Lipinski definition) is 0. The topological polar surface area (TPSA) is 54.9 Å². The molecule has 8 heteroatoms. The number of piperazine rings is 1. The van der Waals surface area contributed by atoms with E-state index in [9.17, 15) is 4.79 Å². The Hall–Kier alpha value is -2.51. The van der Waals surface area contributed by atoms with E-state index in [2.05, 4.69) is 4.90 Å². The Morgan fingerprint density at radius 1 is 1.13 bits per heavy atom. The second kappa shape index (κ2) is 9.75. The van der Waals surface area contributed by atoms with Crippen LogP contribution in [0.4, 0.5) is 5.13 Å². The van der Waals surface area contributed by atoms with E-state index in [0.29, 0.717) is 38.3 Å². The van der Waals surface area contributed by atoms with Gasteiger partial charge in [-0.1, -0.05) is 29.0 Å². The number of carbonyl (C=O) groups is 1. The van der Waals surface area contributed by atoms with Gasteiger partial charge in [-0.15, -0.1) is 0 Å². The number of carbonyl (C=O) groups excluding carboxylic acids is 1. The number of fused-ring (bicyclic) bond motifs is 1. The Kier molecular flexibility index (Phi) is 6.83. The molecule has 1 aromatic heterocycles. The van der Waals surface area contributed by atoms with Crippen LogP contribution in [-0.4, -0.2) is 55.7 Å². The number of anilines is 1. The van der Waals surface area contributed by atoms with Crippen LogP contribution in [0.3, 0.4) is 0 Å². The molecule has 0 N–H and O–H groups in total. The highest BCUT2D eigenvalue weighted by Gasteiger charge is 2.23. The first-order valence-electron chi connectivity index (χ1n) is 10.5. The summed E-state index contributed by atoms with van der Waals surface area (Å²) < 4.78 is 12.1. The molecule has 0 spiro atoms. The fourth-order valence-electron chi connectivity index (χ4n) is 3.72. The van der Waals surface area contributed by atoms with Gasteiger partial charge in [0.05, 0.1) is 23.9 Å². The van der Waals surface area contributed by atoms with Crippen LogP contribution in [0.25, 0.3) is 10.2 Å². The molecule has 164 valence electrons. The molecule has 0 unspecified atom stereocenters. The molecule has 1 fully saturated rings. The Balaban J connectivity index is 1.31. The van der Waals surface area contributed by atoms with Crippen LogP contribution in [-0.2, 0) is 11.2 Å². The number of thiazole rings is 1. The van der Waals surface area contributed by atoms with Crippen molar-refractivity contribution in [3.8, 4) is 11.5 Å². The molecule has 0 bridgehead atoms. The van der Waals surface area contributed by atoms with E-state index in [4.69, 9.17) is 26.1 Å². The molecule has 1 amide bonds. The largest absolute Gasteiger partial charge is 0.493 e. The lowest BCUT2D eigenvalue weighted by molar-refractivity contribution is -0.131. The number of benzene rings is 2. The summed E-state index contributed by atoms with van der Waals surface area (Å²) >= 11 is 7.74. The number of ether oxygens (including phenoxy) is 2. The molecule has 1 aliphatic rings. The van der Waals surface area contributed by atoms with Crippen molar-refractivity contribution in [2.45, 2.75) is 19.8 Å². The summed E-state index contributed by atoms with van der Waals surface area (Å²) in [5.74, 6) is 1.62. The third kappa shape index (κ3) is 5.05. The van der Waals surface area contributed by atoms with E-state index in [1.54, 1.807) is 18.4 Å². The monoisotopic (exact) mass is 459 g/mol. The van der Waals surface area contributed by atoms with Gasteiger partial charge in [-0.05, 0) is 49.2 Å². The fourth-order valence-corrected chi connectivity index (χ4v) is 5.01. The minimum atomic E-state index is 0.184. The smallest absolute Gasteiger partial charge is 0.223 e. The molecule has 0 radical (unpaired) electrons. The van der Waals surface area contributed by atoms with Gasteiger partial charge in [0.2, 0.25) is 5.91 Å². The molecule has 3 aromatic rings. The number of methoxy groups -OCH3 is 1. The summed E-state index contributed by atoms with van der Waals surface area (Å²) in [5, 5.41) is 1.72. The van der Waals surface area contributed by atoms with Crippen molar-refractivity contribution in [2.24, 2.45) is 0 Å². The molecule has 1 aliphatic heterocycles. The normalized spacial score (nSPS) is 14.2. The van der Waals surface area contributed by atoms with Crippen LogP contribution >= 0.6 is 22.9 Å². The maximum absolute atomic E-state index is 12.7. The maximum atomic E-state index is 12.7. The standard InChI is InChI=1S/C23H26ClN3O3S/c1-3-30-19-8-4-16(14-20(19)29-2)5-9-22(28)26-10-12-27(13-11-26)23-25-18-7-6-17(24)15-21(18)31-23/h4,6-8,14-15H,3,5,9-13H2,1-2H3. The van der Waals surface area contributed by atoms with Crippen molar-refractivity contribution in [3.63, 3.8) is 0 Å². The van der Waals surface area contributed by atoms with Crippen molar-refractivity contribution in [1.82, 2.24) is 9.88 Å². The van der Waals surface area contributed by atoms with E-state index in [1.165, 1.54) is 0 Å². The molecule has 0 aliphatic carbocycles. The summed E-state index contributed by atoms with van der Waals surface area (Å²) in [6.07, 6.45) is 1.16. The number of nitrogens with zero attached hydrogens (tertiary/aromatic N) is 3. The molecule has 2 heterocycles. The molecular formula is C23H26ClN3O3S. The highest BCUT2D eigenvalue weighted by Crippen LogP contribution is 2.31. The average Bonchev–Trinajstić information content (AvgIpc) is 3.21. The third-order valence-corrected chi connectivity index (χ3v) is 6.71. The van der Waals surface area contributed by atoms with Gasteiger partial charge < -0.3 is 19.3 Å². The van der Waals surface area contributed by atoms with Crippen LogP contribution in [0.15, 0.2) is 36.4 Å². The Bertz CT molecular complexity index is 1060. The SMILES string of the molecule is CCOc1ccc(CCC(=O)N2CCN(c3nc4ccc(Cl)cc4s3)CC2)cc1OC. The van der Waals surface area contributed by atoms with Crippen molar-refractivity contribution < 1.29 is 14.3 Å². The zero-order valence-electron chi connectivity index (χ0n) is 17.8. The number of amides is 1.